The number of fused-ring (bicyclic) bond motifs is 7. The lowest BCUT2D eigenvalue weighted by atomic mass is 9.33. The van der Waals surface area contributed by atoms with Gasteiger partial charge in [-0.3, -0.25) is 9.59 Å². The summed E-state index contributed by atoms with van der Waals surface area (Å²) in [4.78, 5) is 32.3. The molecule has 4 nitrogen and oxygen atoms in total. The molecule has 4 heteroatoms. The van der Waals surface area contributed by atoms with Crippen LogP contribution < -0.4 is 0 Å². The summed E-state index contributed by atoms with van der Waals surface area (Å²) in [6.45, 7) is 21.0. The molecule has 0 aromatic carbocycles. The number of nitrogens with zero attached hydrogens (tertiary/aromatic N) is 2. The van der Waals surface area contributed by atoms with Crippen LogP contribution in [0.4, 0.5) is 0 Å². The highest BCUT2D eigenvalue weighted by Crippen LogP contribution is 2.75. The minimum Gasteiger partial charge on any atom is -0.340 e. The van der Waals surface area contributed by atoms with Crippen LogP contribution in [-0.2, 0) is 9.59 Å². The van der Waals surface area contributed by atoms with Gasteiger partial charge in [0, 0.05) is 38.0 Å². The minimum absolute atomic E-state index is 0.136. The summed E-state index contributed by atoms with van der Waals surface area (Å²) < 4.78 is 0. The first-order valence-corrected chi connectivity index (χ1v) is 16.4. The Hall–Kier alpha value is -1.16. The lowest BCUT2D eigenvalue weighted by molar-refractivity contribution is -0.189. The fraction of sp³-hybridized carbons (Fsp3) is 0.886. The van der Waals surface area contributed by atoms with Crippen molar-refractivity contribution in [2.45, 2.75) is 106 Å². The van der Waals surface area contributed by atoms with E-state index in [1.54, 1.807) is 5.57 Å². The molecule has 1 aliphatic heterocycles. The molecule has 0 N–H and O–H groups in total. The zero-order valence-electron chi connectivity index (χ0n) is 26.4. The molecule has 6 aliphatic rings. The fourth-order valence-corrected chi connectivity index (χ4v) is 12.0. The normalized spacial score (nSPS) is 49.7. The van der Waals surface area contributed by atoms with E-state index in [0.29, 0.717) is 41.3 Å². The summed E-state index contributed by atoms with van der Waals surface area (Å²) in [5.74, 6) is 3.65. The molecule has 0 radical (unpaired) electrons. The van der Waals surface area contributed by atoms with Crippen molar-refractivity contribution in [3.05, 3.63) is 11.6 Å². The number of rotatable bonds is 1. The van der Waals surface area contributed by atoms with Crippen LogP contribution in [0.3, 0.4) is 0 Å². The van der Waals surface area contributed by atoms with E-state index in [2.05, 4.69) is 71.4 Å². The zero-order chi connectivity index (χ0) is 28.2. The number of piperazine rings is 1. The number of ketones is 1. The van der Waals surface area contributed by atoms with Gasteiger partial charge in [-0.25, -0.2) is 0 Å². The molecular formula is C35H56N2O2. The molecule has 39 heavy (non-hydrogen) atoms. The maximum Gasteiger partial charge on any atom is 0.229 e. The van der Waals surface area contributed by atoms with Crippen molar-refractivity contribution in [2.24, 2.45) is 56.7 Å². The Morgan fingerprint density at radius 3 is 2.26 bits per heavy atom. The maximum absolute atomic E-state index is 14.6. The fourth-order valence-electron chi connectivity index (χ4n) is 12.0. The van der Waals surface area contributed by atoms with Crippen molar-refractivity contribution >= 4 is 11.7 Å². The summed E-state index contributed by atoms with van der Waals surface area (Å²) >= 11 is 0. The van der Waals surface area contributed by atoms with E-state index in [0.717, 1.165) is 64.7 Å². The number of Topliss-reactive ketones (excluding diaryl/α,β-unsaturated/α-hetero) is 1. The monoisotopic (exact) mass is 536 g/mol. The first-order valence-electron chi connectivity index (χ1n) is 16.4. The highest BCUT2D eigenvalue weighted by molar-refractivity contribution is 5.86. The van der Waals surface area contributed by atoms with Crippen molar-refractivity contribution in [2.75, 3.05) is 33.2 Å². The van der Waals surface area contributed by atoms with Crippen molar-refractivity contribution < 1.29 is 9.59 Å². The Bertz CT molecular complexity index is 1070. The van der Waals surface area contributed by atoms with E-state index in [9.17, 15) is 9.59 Å². The zero-order valence-corrected chi connectivity index (χ0v) is 26.4. The summed E-state index contributed by atoms with van der Waals surface area (Å²) in [5.41, 5.74) is 1.83. The Balaban J connectivity index is 1.41. The predicted octanol–water partition coefficient (Wildman–Crippen LogP) is 6.99. The molecular weight excluding hydrogens is 480 g/mol. The summed E-state index contributed by atoms with van der Waals surface area (Å²) in [7, 11) is 2.18. The topological polar surface area (TPSA) is 40.6 Å². The second-order valence-corrected chi connectivity index (χ2v) is 16.5. The van der Waals surface area contributed by atoms with Gasteiger partial charge in [-0.1, -0.05) is 60.1 Å². The third kappa shape index (κ3) is 3.58. The Morgan fingerprint density at radius 1 is 0.872 bits per heavy atom. The highest BCUT2D eigenvalue weighted by atomic mass is 16.2. The van der Waals surface area contributed by atoms with Gasteiger partial charge in [0.2, 0.25) is 5.91 Å². The third-order valence-electron chi connectivity index (χ3n) is 15.0. The van der Waals surface area contributed by atoms with Gasteiger partial charge in [0.05, 0.1) is 5.41 Å². The number of hydrogen-bond donors (Lipinski definition) is 0. The molecule has 4 saturated carbocycles. The standard InChI is InChI=1S/C35H56N2O2/c1-23-11-16-35(30(39)37-21-19-36(8)20-22-37)18-17-33(6)25(29(35)24(23)2)9-10-27-32(5)14-13-28(38)31(3,4)26(32)12-15-34(27,33)7/h9,23-24,26-27,29H,10-22H2,1-8H3/t23-,24+,26+,27-,29+,32+,33-,34-,35+/m1/s1. The second kappa shape index (κ2) is 8.92. The van der Waals surface area contributed by atoms with Gasteiger partial charge in [0.25, 0.3) is 0 Å². The van der Waals surface area contributed by atoms with Crippen LogP contribution >= 0.6 is 0 Å². The number of carbonyl (C=O) groups is 2. The Labute approximate surface area is 238 Å². The number of hydrogen-bond acceptors (Lipinski definition) is 3. The first kappa shape index (κ1) is 28.0. The van der Waals surface area contributed by atoms with Gasteiger partial charge in [-0.15, -0.1) is 0 Å². The van der Waals surface area contributed by atoms with E-state index in [4.69, 9.17) is 0 Å². The van der Waals surface area contributed by atoms with E-state index < -0.39 is 0 Å². The van der Waals surface area contributed by atoms with Gasteiger partial charge in [0.1, 0.15) is 5.78 Å². The van der Waals surface area contributed by atoms with Crippen LogP contribution in [0.2, 0.25) is 0 Å². The summed E-state index contributed by atoms with van der Waals surface area (Å²) in [6.07, 6.45) is 12.5. The second-order valence-electron chi connectivity index (χ2n) is 16.5. The molecule has 6 rings (SSSR count). The molecule has 1 saturated heterocycles. The van der Waals surface area contributed by atoms with E-state index in [-0.39, 0.29) is 27.1 Å². The van der Waals surface area contributed by atoms with E-state index in [1.807, 2.05) is 0 Å². The smallest absolute Gasteiger partial charge is 0.229 e. The largest absolute Gasteiger partial charge is 0.340 e. The molecule has 5 fully saturated rings. The lowest BCUT2D eigenvalue weighted by Gasteiger charge is -2.71. The number of carbonyl (C=O) groups excluding carboxylic acids is 2. The SMILES string of the molecule is C[C@H]1[C@H](C)CC[C@]2(C(=O)N3CCN(C)CC3)CC[C@]3(C)C(=CC[C@@H]4[C@@]5(C)CCC(=O)C(C)(C)[C@@H]5CC[C@]43C)[C@H]12. The Morgan fingerprint density at radius 2 is 1.56 bits per heavy atom. The molecule has 5 aliphatic carbocycles. The molecule has 0 aromatic heterocycles. The quantitative estimate of drug-likeness (QED) is 0.339. The van der Waals surface area contributed by atoms with Gasteiger partial charge < -0.3 is 9.80 Å². The van der Waals surface area contributed by atoms with Crippen LogP contribution in [0.1, 0.15) is 106 Å². The van der Waals surface area contributed by atoms with Crippen molar-refractivity contribution in [1.82, 2.24) is 9.80 Å². The van der Waals surface area contributed by atoms with Gasteiger partial charge in [0.15, 0.2) is 0 Å². The molecule has 0 unspecified atom stereocenters. The Kier molecular flexibility index (Phi) is 6.40. The van der Waals surface area contributed by atoms with Crippen LogP contribution in [0, 0.1) is 56.7 Å². The summed E-state index contributed by atoms with van der Waals surface area (Å²) in [6, 6.07) is 0. The lowest BCUT2D eigenvalue weighted by Crippen LogP contribution is -2.66. The number of allylic oxidation sites excluding steroid dienone is 2. The number of amides is 1. The minimum atomic E-state index is -0.212. The van der Waals surface area contributed by atoms with Crippen LogP contribution in [0.5, 0.6) is 0 Å². The van der Waals surface area contributed by atoms with Crippen molar-refractivity contribution in [1.29, 1.82) is 0 Å². The molecule has 0 aromatic rings. The number of likely N-dealkylation sites (N-methyl/N-ethyl adjacent to an activating group) is 1. The molecule has 9 atom stereocenters. The van der Waals surface area contributed by atoms with Gasteiger partial charge in [-0.05, 0) is 104 Å². The third-order valence-corrected chi connectivity index (χ3v) is 15.0. The van der Waals surface area contributed by atoms with Crippen LogP contribution in [-0.4, -0.2) is 54.7 Å². The van der Waals surface area contributed by atoms with Crippen molar-refractivity contribution in [3.63, 3.8) is 0 Å². The molecule has 1 heterocycles. The average Bonchev–Trinajstić information content (AvgIpc) is 2.89. The highest BCUT2D eigenvalue weighted by Gasteiger charge is 2.69. The summed E-state index contributed by atoms with van der Waals surface area (Å²) in [5, 5.41) is 0. The molecule has 0 bridgehead atoms. The van der Waals surface area contributed by atoms with E-state index in [1.165, 1.54) is 19.3 Å². The first-order chi connectivity index (χ1) is 18.2. The van der Waals surface area contributed by atoms with Crippen LogP contribution in [0.25, 0.3) is 0 Å². The molecule has 0 spiro atoms. The van der Waals surface area contributed by atoms with E-state index >= 15 is 0 Å². The molecule has 218 valence electrons. The van der Waals surface area contributed by atoms with Crippen molar-refractivity contribution in [3.8, 4) is 0 Å². The average molecular weight is 537 g/mol. The van der Waals surface area contributed by atoms with Gasteiger partial charge in [-0.2, -0.15) is 0 Å². The molecule has 1 amide bonds. The van der Waals surface area contributed by atoms with Crippen LogP contribution in [0.15, 0.2) is 11.6 Å². The predicted molar refractivity (Wildman–Crippen MR) is 158 cm³/mol. The maximum atomic E-state index is 14.6. The van der Waals surface area contributed by atoms with Gasteiger partial charge >= 0.3 is 0 Å².